The van der Waals surface area contributed by atoms with Crippen molar-refractivity contribution < 1.29 is 23.4 Å². The monoisotopic (exact) mass is 271 g/mol. The number of carboxylic acids is 1. The predicted molar refractivity (Wildman–Crippen MR) is 63.7 cm³/mol. The first-order valence-corrected chi connectivity index (χ1v) is 6.02. The Morgan fingerprint density at radius 1 is 1.53 bits per heavy atom. The second kappa shape index (κ2) is 5.63. The van der Waals surface area contributed by atoms with Crippen LogP contribution in [-0.4, -0.2) is 41.8 Å². The van der Waals surface area contributed by atoms with Crippen LogP contribution in [0.2, 0.25) is 0 Å². The number of nitrogens with zero attached hydrogens (tertiary/aromatic N) is 1. The summed E-state index contributed by atoms with van der Waals surface area (Å²) in [5.74, 6) is -2.32. The molecule has 0 radical (unpaired) electrons. The summed E-state index contributed by atoms with van der Waals surface area (Å²) in [5, 5.41) is 9.14. The normalized spacial score (nSPS) is 22.2. The summed E-state index contributed by atoms with van der Waals surface area (Å²) in [6, 6.07) is 2.07. The van der Waals surface area contributed by atoms with Crippen molar-refractivity contribution >= 4 is 5.97 Å². The molecule has 1 aromatic carbocycles. The van der Waals surface area contributed by atoms with Gasteiger partial charge in [-0.2, -0.15) is 0 Å². The van der Waals surface area contributed by atoms with Gasteiger partial charge < -0.3 is 9.84 Å². The first-order chi connectivity index (χ1) is 9.00. The minimum atomic E-state index is -1.01. The molecule has 19 heavy (non-hydrogen) atoms. The van der Waals surface area contributed by atoms with Crippen LogP contribution in [0.5, 0.6) is 0 Å². The standard InChI is InChI=1S/C13H15F2NO3/c1-8(10-3-2-9(14)6-11(10)15)16-4-5-19-7-12(16)13(17)18/h2-3,6,8,12H,4-5,7H2,1H3,(H,17,18). The number of benzene rings is 1. The van der Waals surface area contributed by atoms with Crippen LogP contribution in [0.3, 0.4) is 0 Å². The number of aliphatic carboxylic acids is 1. The van der Waals surface area contributed by atoms with E-state index < -0.39 is 29.7 Å². The maximum atomic E-state index is 13.7. The largest absolute Gasteiger partial charge is 0.480 e. The summed E-state index contributed by atoms with van der Waals surface area (Å²) in [6.45, 7) is 2.58. The number of carbonyl (C=O) groups is 1. The first-order valence-electron chi connectivity index (χ1n) is 6.02. The number of ether oxygens (including phenoxy) is 1. The fraction of sp³-hybridized carbons (Fsp3) is 0.462. The third kappa shape index (κ3) is 2.90. The van der Waals surface area contributed by atoms with Crippen LogP contribution in [-0.2, 0) is 9.53 Å². The Kier molecular flexibility index (Phi) is 4.11. The molecule has 4 nitrogen and oxygen atoms in total. The number of hydrogen-bond donors (Lipinski definition) is 1. The molecule has 0 saturated carbocycles. The van der Waals surface area contributed by atoms with Gasteiger partial charge >= 0.3 is 5.97 Å². The van der Waals surface area contributed by atoms with E-state index in [1.165, 1.54) is 12.1 Å². The molecule has 1 fully saturated rings. The van der Waals surface area contributed by atoms with Crippen molar-refractivity contribution in [2.75, 3.05) is 19.8 Å². The second-order valence-corrected chi connectivity index (χ2v) is 4.51. The van der Waals surface area contributed by atoms with Crippen LogP contribution in [0.15, 0.2) is 18.2 Å². The summed E-state index contributed by atoms with van der Waals surface area (Å²) in [4.78, 5) is 12.8. The Balaban J connectivity index is 2.25. The van der Waals surface area contributed by atoms with Crippen LogP contribution in [0, 0.1) is 11.6 Å². The highest BCUT2D eigenvalue weighted by Gasteiger charge is 2.33. The maximum absolute atomic E-state index is 13.7. The lowest BCUT2D eigenvalue weighted by atomic mass is 10.0. The Hall–Kier alpha value is -1.53. The molecule has 1 aliphatic rings. The zero-order valence-electron chi connectivity index (χ0n) is 10.5. The number of halogens is 2. The molecule has 0 aromatic heterocycles. The molecule has 1 aromatic rings. The number of carboxylic acid groups (broad SMARTS) is 1. The molecule has 104 valence electrons. The van der Waals surface area contributed by atoms with Gasteiger partial charge in [0.2, 0.25) is 0 Å². The second-order valence-electron chi connectivity index (χ2n) is 4.51. The summed E-state index contributed by atoms with van der Waals surface area (Å²) >= 11 is 0. The topological polar surface area (TPSA) is 49.8 Å². The predicted octanol–water partition coefficient (Wildman–Crippen LogP) is 1.81. The van der Waals surface area contributed by atoms with Crippen LogP contribution >= 0.6 is 0 Å². The summed E-state index contributed by atoms with van der Waals surface area (Å²) in [5.41, 5.74) is 0.287. The highest BCUT2D eigenvalue weighted by atomic mass is 19.1. The molecule has 0 bridgehead atoms. The van der Waals surface area contributed by atoms with Gasteiger partial charge in [-0.15, -0.1) is 0 Å². The molecule has 1 heterocycles. The van der Waals surface area contributed by atoms with E-state index in [1.54, 1.807) is 11.8 Å². The van der Waals surface area contributed by atoms with Gasteiger partial charge in [-0.1, -0.05) is 6.07 Å². The third-order valence-corrected chi connectivity index (χ3v) is 3.36. The average molecular weight is 271 g/mol. The van der Waals surface area contributed by atoms with E-state index in [0.717, 1.165) is 6.07 Å². The molecule has 0 aliphatic carbocycles. The minimum absolute atomic E-state index is 0.0719. The molecule has 0 amide bonds. The zero-order valence-corrected chi connectivity index (χ0v) is 10.5. The molecule has 1 N–H and O–H groups in total. The SMILES string of the molecule is CC(c1ccc(F)cc1F)N1CCOCC1C(=O)O. The van der Waals surface area contributed by atoms with Crippen molar-refractivity contribution in [2.45, 2.75) is 19.0 Å². The Labute approximate surface area is 109 Å². The maximum Gasteiger partial charge on any atom is 0.323 e. The van der Waals surface area contributed by atoms with Gasteiger partial charge in [0.05, 0.1) is 13.2 Å². The van der Waals surface area contributed by atoms with E-state index in [4.69, 9.17) is 9.84 Å². The summed E-state index contributed by atoms with van der Waals surface area (Å²) in [7, 11) is 0. The Bertz CT molecular complexity index is 481. The van der Waals surface area contributed by atoms with Gasteiger partial charge in [0.1, 0.15) is 17.7 Å². The van der Waals surface area contributed by atoms with Crippen LogP contribution in [0.25, 0.3) is 0 Å². The van der Waals surface area contributed by atoms with Gasteiger partial charge in [0.15, 0.2) is 0 Å². The molecule has 1 aliphatic heterocycles. The molecular formula is C13H15F2NO3. The van der Waals surface area contributed by atoms with Gasteiger partial charge in [-0.3, -0.25) is 9.69 Å². The van der Waals surface area contributed by atoms with Crippen LogP contribution in [0.1, 0.15) is 18.5 Å². The summed E-state index contributed by atoms with van der Waals surface area (Å²) in [6.07, 6.45) is 0. The fourth-order valence-corrected chi connectivity index (χ4v) is 2.31. The number of morpholine rings is 1. The first kappa shape index (κ1) is 13.9. The summed E-state index contributed by atoms with van der Waals surface area (Å²) < 4.78 is 31.8. The number of hydrogen-bond acceptors (Lipinski definition) is 3. The van der Waals surface area contributed by atoms with Crippen molar-refractivity contribution in [3.63, 3.8) is 0 Å². The Morgan fingerprint density at radius 3 is 2.89 bits per heavy atom. The lowest BCUT2D eigenvalue weighted by Crippen LogP contribution is -2.50. The van der Waals surface area contributed by atoms with Gasteiger partial charge in [-0.25, -0.2) is 8.78 Å². The molecule has 2 unspecified atom stereocenters. The van der Waals surface area contributed by atoms with E-state index in [2.05, 4.69) is 0 Å². The lowest BCUT2D eigenvalue weighted by Gasteiger charge is -2.37. The molecule has 0 spiro atoms. The lowest BCUT2D eigenvalue weighted by molar-refractivity contribution is -0.151. The quantitative estimate of drug-likeness (QED) is 0.911. The van der Waals surface area contributed by atoms with E-state index >= 15 is 0 Å². The van der Waals surface area contributed by atoms with Crippen LogP contribution in [0.4, 0.5) is 8.78 Å². The highest BCUT2D eigenvalue weighted by molar-refractivity contribution is 5.73. The van der Waals surface area contributed by atoms with Crippen molar-refractivity contribution in [3.05, 3.63) is 35.4 Å². The molecule has 2 atom stereocenters. The smallest absolute Gasteiger partial charge is 0.323 e. The van der Waals surface area contributed by atoms with Crippen molar-refractivity contribution in [3.8, 4) is 0 Å². The molecule has 1 saturated heterocycles. The third-order valence-electron chi connectivity index (χ3n) is 3.36. The van der Waals surface area contributed by atoms with Crippen molar-refractivity contribution in [2.24, 2.45) is 0 Å². The van der Waals surface area contributed by atoms with Crippen molar-refractivity contribution in [1.82, 2.24) is 4.90 Å². The van der Waals surface area contributed by atoms with E-state index in [0.29, 0.717) is 13.2 Å². The van der Waals surface area contributed by atoms with E-state index in [1.807, 2.05) is 0 Å². The van der Waals surface area contributed by atoms with Gasteiger partial charge in [-0.05, 0) is 13.0 Å². The molecule has 6 heteroatoms. The highest BCUT2D eigenvalue weighted by Crippen LogP contribution is 2.26. The minimum Gasteiger partial charge on any atom is -0.480 e. The van der Waals surface area contributed by atoms with Crippen molar-refractivity contribution in [1.29, 1.82) is 0 Å². The molecule has 2 rings (SSSR count). The average Bonchev–Trinajstić information content (AvgIpc) is 2.38. The Morgan fingerprint density at radius 2 is 2.26 bits per heavy atom. The van der Waals surface area contributed by atoms with E-state index in [9.17, 15) is 13.6 Å². The molecular weight excluding hydrogens is 256 g/mol. The fourth-order valence-electron chi connectivity index (χ4n) is 2.31. The number of rotatable bonds is 3. The van der Waals surface area contributed by atoms with Crippen LogP contribution < -0.4 is 0 Å². The zero-order chi connectivity index (χ0) is 14.0. The van der Waals surface area contributed by atoms with Gasteiger partial charge in [0, 0.05) is 24.2 Å². The van der Waals surface area contributed by atoms with Gasteiger partial charge in [0.25, 0.3) is 0 Å². The van der Waals surface area contributed by atoms with E-state index in [-0.39, 0.29) is 12.2 Å².